The summed E-state index contributed by atoms with van der Waals surface area (Å²) >= 11 is 0. The normalized spacial score (nSPS) is 32.9. The van der Waals surface area contributed by atoms with E-state index in [1.165, 1.54) is 0 Å². The van der Waals surface area contributed by atoms with Crippen LogP contribution in [0.15, 0.2) is 5.11 Å². The van der Waals surface area contributed by atoms with E-state index in [-0.39, 0.29) is 59.4 Å². The molecule has 6 atom stereocenters. The van der Waals surface area contributed by atoms with Crippen LogP contribution in [0.4, 0.5) is 0 Å². The predicted molar refractivity (Wildman–Crippen MR) is 96.1 cm³/mol. The molecule has 0 aromatic rings. The van der Waals surface area contributed by atoms with Crippen LogP contribution >= 0.6 is 0 Å². The lowest BCUT2D eigenvalue weighted by atomic mass is 10.2. The molecule has 2 N–H and O–H groups in total. The minimum absolute atomic E-state index is 0.00443. The molecule has 0 unspecified atom stereocenters. The fourth-order valence-corrected chi connectivity index (χ4v) is 3.51. The number of carbonyl (C=O) groups excluding carboxylic acids is 3. The van der Waals surface area contributed by atoms with E-state index in [4.69, 9.17) is 10.3 Å². The molecule has 0 aliphatic heterocycles. The molecule has 0 aromatic carbocycles. The van der Waals surface area contributed by atoms with Crippen LogP contribution in [0, 0.1) is 35.5 Å². The Kier molecular flexibility index (Phi) is 5.89. The van der Waals surface area contributed by atoms with E-state index in [0.717, 1.165) is 19.3 Å². The van der Waals surface area contributed by atoms with Gasteiger partial charge in [-0.3, -0.25) is 14.4 Å². The fourth-order valence-electron chi connectivity index (χ4n) is 3.51. The molecule has 0 radical (unpaired) electrons. The molecule has 9 nitrogen and oxygen atoms in total. The van der Waals surface area contributed by atoms with Crippen LogP contribution in [-0.2, 0) is 19.1 Å². The van der Waals surface area contributed by atoms with E-state index >= 15 is 0 Å². The maximum atomic E-state index is 12.2. The van der Waals surface area contributed by atoms with Crippen molar-refractivity contribution in [2.75, 3.05) is 19.6 Å². The smallest absolute Gasteiger partial charge is 0.309 e. The predicted octanol–water partition coefficient (Wildman–Crippen LogP) is 1.39. The molecule has 27 heavy (non-hydrogen) atoms. The Morgan fingerprint density at radius 3 is 2.11 bits per heavy atom. The number of hydrogen-bond donors (Lipinski definition) is 2. The number of nitrogens with zero attached hydrogens (tertiary/aromatic N) is 3. The lowest BCUT2D eigenvalue weighted by molar-refractivity contribution is -0.149. The average Bonchev–Trinajstić information content (AvgIpc) is 3.50. The van der Waals surface area contributed by atoms with Crippen LogP contribution in [0.1, 0.15) is 33.1 Å². The van der Waals surface area contributed by atoms with Gasteiger partial charge in [-0.2, -0.15) is 0 Å². The van der Waals surface area contributed by atoms with E-state index in [0.29, 0.717) is 19.6 Å². The molecular formula is C18H27N5O4. The first-order valence-electron chi connectivity index (χ1n) is 9.67. The summed E-state index contributed by atoms with van der Waals surface area (Å²) in [5, 5.41) is 9.32. The Morgan fingerprint density at radius 1 is 1.00 bits per heavy atom. The van der Waals surface area contributed by atoms with Crippen molar-refractivity contribution in [1.29, 1.82) is 0 Å². The first kappa shape index (κ1) is 19.5. The molecule has 2 amide bonds. The second-order valence-corrected chi connectivity index (χ2v) is 8.20. The van der Waals surface area contributed by atoms with Gasteiger partial charge in [0.25, 0.3) is 0 Å². The summed E-state index contributed by atoms with van der Waals surface area (Å²) in [7, 11) is 0. The highest BCUT2D eigenvalue weighted by Gasteiger charge is 2.47. The highest BCUT2D eigenvalue weighted by Crippen LogP contribution is 2.42. The SMILES string of the molecule is CC(C)OC(=O)[C@@H]1C[C@H]1CNC(=O)[C@@H]1C[C@H]1CNC(=O)[C@@H]1C[C@H]1CN=[N+]=[N-]. The zero-order chi connectivity index (χ0) is 19.6. The lowest BCUT2D eigenvalue weighted by Crippen LogP contribution is -2.31. The minimum atomic E-state index is -0.171. The Hall–Kier alpha value is -2.28. The molecule has 0 saturated heterocycles. The standard InChI is InChI=1S/C18H27N5O4/c1-9(2)27-18(26)15-5-11(15)7-21-16(24)13-3-10(13)6-20-17(25)14-4-12(14)8-22-23-19/h9-15H,3-8H2,1-2H3,(H,20,25)(H,21,24)/t10-,11-,12-,13+,14+,15+/m0/s1. The van der Waals surface area contributed by atoms with Gasteiger partial charge in [0, 0.05) is 36.4 Å². The monoisotopic (exact) mass is 377 g/mol. The summed E-state index contributed by atoms with van der Waals surface area (Å²) in [5.41, 5.74) is 8.29. The summed E-state index contributed by atoms with van der Waals surface area (Å²) in [5.74, 6) is 0.155. The topological polar surface area (TPSA) is 133 Å². The highest BCUT2D eigenvalue weighted by molar-refractivity contribution is 5.83. The minimum Gasteiger partial charge on any atom is -0.463 e. The third-order valence-corrected chi connectivity index (χ3v) is 5.55. The Morgan fingerprint density at radius 2 is 1.52 bits per heavy atom. The zero-order valence-corrected chi connectivity index (χ0v) is 15.8. The van der Waals surface area contributed by atoms with E-state index < -0.39 is 0 Å². The van der Waals surface area contributed by atoms with E-state index in [2.05, 4.69) is 20.7 Å². The molecule has 9 heteroatoms. The molecule has 0 aromatic heterocycles. The number of azide groups is 1. The van der Waals surface area contributed by atoms with Crippen LogP contribution in [-0.4, -0.2) is 43.5 Å². The maximum absolute atomic E-state index is 12.2. The van der Waals surface area contributed by atoms with Crippen LogP contribution < -0.4 is 10.6 Å². The van der Waals surface area contributed by atoms with Crippen LogP contribution in [0.5, 0.6) is 0 Å². The number of amides is 2. The molecule has 3 rings (SSSR count). The van der Waals surface area contributed by atoms with Gasteiger partial charge in [0.1, 0.15) is 0 Å². The molecule has 3 fully saturated rings. The lowest BCUT2D eigenvalue weighted by Gasteiger charge is -2.08. The number of nitrogens with one attached hydrogen (secondary N) is 2. The quantitative estimate of drug-likeness (QED) is 0.257. The Labute approximate surface area is 158 Å². The molecule has 0 bridgehead atoms. The van der Waals surface area contributed by atoms with E-state index in [1.54, 1.807) is 0 Å². The van der Waals surface area contributed by atoms with Gasteiger partial charge in [-0.25, -0.2) is 0 Å². The highest BCUT2D eigenvalue weighted by atomic mass is 16.5. The van der Waals surface area contributed by atoms with Crippen molar-refractivity contribution < 1.29 is 19.1 Å². The van der Waals surface area contributed by atoms with Crippen molar-refractivity contribution >= 4 is 17.8 Å². The van der Waals surface area contributed by atoms with Crippen LogP contribution in [0.2, 0.25) is 0 Å². The Balaban J connectivity index is 1.26. The maximum Gasteiger partial charge on any atom is 0.309 e. The number of ether oxygens (including phenoxy) is 1. The molecule has 3 aliphatic carbocycles. The molecule has 0 spiro atoms. The van der Waals surface area contributed by atoms with Crippen molar-refractivity contribution in [3.8, 4) is 0 Å². The average molecular weight is 377 g/mol. The van der Waals surface area contributed by atoms with Crippen molar-refractivity contribution in [1.82, 2.24) is 10.6 Å². The van der Waals surface area contributed by atoms with Gasteiger partial charge in [-0.1, -0.05) is 5.11 Å². The number of esters is 1. The van der Waals surface area contributed by atoms with E-state index in [9.17, 15) is 14.4 Å². The van der Waals surface area contributed by atoms with Crippen LogP contribution in [0.25, 0.3) is 10.4 Å². The van der Waals surface area contributed by atoms with Crippen LogP contribution in [0.3, 0.4) is 0 Å². The van der Waals surface area contributed by atoms with Gasteiger partial charge in [0.15, 0.2) is 0 Å². The third kappa shape index (κ3) is 5.35. The van der Waals surface area contributed by atoms with Gasteiger partial charge in [-0.05, 0) is 56.4 Å². The largest absolute Gasteiger partial charge is 0.463 e. The number of rotatable bonds is 10. The summed E-state index contributed by atoms with van der Waals surface area (Å²) in [6.45, 7) is 5.04. The summed E-state index contributed by atoms with van der Waals surface area (Å²) in [4.78, 5) is 38.6. The molecule has 0 heterocycles. The summed E-state index contributed by atoms with van der Waals surface area (Å²) in [6.07, 6.45) is 2.21. The molecule has 3 aliphatic rings. The number of carbonyl (C=O) groups is 3. The third-order valence-electron chi connectivity index (χ3n) is 5.55. The van der Waals surface area contributed by atoms with Crippen molar-refractivity contribution in [2.24, 2.45) is 40.6 Å². The second kappa shape index (κ2) is 8.17. The van der Waals surface area contributed by atoms with Gasteiger partial charge in [0.2, 0.25) is 11.8 Å². The van der Waals surface area contributed by atoms with E-state index in [1.807, 2.05) is 13.8 Å². The Bertz CT molecular complexity index is 660. The molecule has 3 saturated carbocycles. The fraction of sp³-hybridized carbons (Fsp3) is 0.833. The summed E-state index contributed by atoms with van der Waals surface area (Å²) < 4.78 is 5.18. The number of hydrogen-bond acceptors (Lipinski definition) is 5. The van der Waals surface area contributed by atoms with Crippen molar-refractivity contribution in [3.63, 3.8) is 0 Å². The van der Waals surface area contributed by atoms with Gasteiger partial charge < -0.3 is 15.4 Å². The van der Waals surface area contributed by atoms with Gasteiger partial charge >= 0.3 is 5.97 Å². The van der Waals surface area contributed by atoms with Gasteiger partial charge in [-0.15, -0.1) is 0 Å². The molecular weight excluding hydrogens is 350 g/mol. The zero-order valence-electron chi connectivity index (χ0n) is 15.8. The van der Waals surface area contributed by atoms with Crippen molar-refractivity contribution in [2.45, 2.75) is 39.2 Å². The first-order chi connectivity index (χ1) is 12.9. The van der Waals surface area contributed by atoms with Crippen molar-refractivity contribution in [3.05, 3.63) is 10.4 Å². The van der Waals surface area contributed by atoms with Gasteiger partial charge in [0.05, 0.1) is 12.0 Å². The molecule has 148 valence electrons. The summed E-state index contributed by atoms with van der Waals surface area (Å²) in [6, 6.07) is 0. The first-order valence-corrected chi connectivity index (χ1v) is 9.67. The second-order valence-electron chi connectivity index (χ2n) is 8.20.